The van der Waals surface area contributed by atoms with Gasteiger partial charge >= 0.3 is 0 Å². The number of fused-ring (bicyclic) bond motifs is 1. The number of likely N-dealkylation sites (N-methyl/N-ethyl adjacent to an activating group) is 1. The third kappa shape index (κ3) is 3.68. The third-order valence-electron chi connectivity index (χ3n) is 4.00. The number of para-hydroxylation sites is 1. The monoisotopic (exact) mass is 340 g/mol. The molecule has 0 radical (unpaired) electrons. The SMILES string of the molecule is CN(CCNC(=O)Cn1cnc2c(cnn2C)c1=O)c1ccccc1. The zero-order valence-corrected chi connectivity index (χ0v) is 14.2. The molecule has 0 spiro atoms. The zero-order valence-electron chi connectivity index (χ0n) is 14.2. The van der Waals surface area contributed by atoms with Gasteiger partial charge in [0.25, 0.3) is 5.56 Å². The van der Waals surface area contributed by atoms with E-state index in [9.17, 15) is 9.59 Å². The fraction of sp³-hybridized carbons (Fsp3) is 0.294. The van der Waals surface area contributed by atoms with Crippen molar-refractivity contribution in [3.8, 4) is 0 Å². The fourth-order valence-corrected chi connectivity index (χ4v) is 2.56. The van der Waals surface area contributed by atoms with Crippen LogP contribution < -0.4 is 15.8 Å². The predicted octanol–water partition coefficient (Wildman–Crippen LogP) is 0.383. The Balaban J connectivity index is 1.56. The molecule has 0 saturated carbocycles. The topological polar surface area (TPSA) is 85.1 Å². The van der Waals surface area contributed by atoms with E-state index in [1.807, 2.05) is 37.4 Å². The van der Waals surface area contributed by atoms with Crippen LogP contribution in [0.1, 0.15) is 0 Å². The molecule has 1 aromatic carbocycles. The van der Waals surface area contributed by atoms with E-state index in [4.69, 9.17) is 0 Å². The minimum atomic E-state index is -0.269. The van der Waals surface area contributed by atoms with Gasteiger partial charge in [0, 0.05) is 32.9 Å². The van der Waals surface area contributed by atoms with Crippen LogP contribution in [0.3, 0.4) is 0 Å². The molecule has 2 heterocycles. The average Bonchev–Trinajstić information content (AvgIpc) is 3.00. The molecular formula is C17H20N6O2. The number of benzene rings is 1. The Morgan fingerprint density at radius 2 is 2.04 bits per heavy atom. The summed E-state index contributed by atoms with van der Waals surface area (Å²) in [7, 11) is 3.68. The van der Waals surface area contributed by atoms with Gasteiger partial charge in [-0.25, -0.2) is 4.98 Å². The molecule has 0 atom stereocenters. The van der Waals surface area contributed by atoms with Crippen LogP contribution in [0.25, 0.3) is 11.0 Å². The minimum absolute atomic E-state index is 0.0638. The first-order chi connectivity index (χ1) is 12.1. The first kappa shape index (κ1) is 16.7. The molecule has 0 aliphatic heterocycles. The highest BCUT2D eigenvalue weighted by molar-refractivity contribution is 5.77. The predicted molar refractivity (Wildman–Crippen MR) is 95.5 cm³/mol. The van der Waals surface area contributed by atoms with Crippen LogP contribution in [0.5, 0.6) is 0 Å². The molecule has 0 saturated heterocycles. The van der Waals surface area contributed by atoms with E-state index in [-0.39, 0.29) is 18.0 Å². The number of aryl methyl sites for hydroxylation is 1. The molecule has 1 amide bonds. The number of hydrogen-bond acceptors (Lipinski definition) is 5. The number of rotatable bonds is 6. The molecule has 8 nitrogen and oxygen atoms in total. The van der Waals surface area contributed by atoms with Gasteiger partial charge in [0.05, 0.1) is 6.20 Å². The maximum Gasteiger partial charge on any atom is 0.264 e. The average molecular weight is 340 g/mol. The molecule has 0 unspecified atom stereocenters. The Morgan fingerprint density at radius 3 is 2.80 bits per heavy atom. The summed E-state index contributed by atoms with van der Waals surface area (Å²) in [5, 5.41) is 7.24. The molecule has 1 N–H and O–H groups in total. The van der Waals surface area contributed by atoms with Crippen molar-refractivity contribution in [1.82, 2.24) is 24.6 Å². The molecule has 2 aromatic heterocycles. The summed E-state index contributed by atoms with van der Waals surface area (Å²) in [5.41, 5.74) is 1.32. The number of nitrogens with zero attached hydrogens (tertiary/aromatic N) is 5. The van der Waals surface area contributed by atoms with Crippen molar-refractivity contribution >= 4 is 22.6 Å². The van der Waals surface area contributed by atoms with Gasteiger partial charge in [0.15, 0.2) is 5.65 Å². The maximum absolute atomic E-state index is 12.3. The van der Waals surface area contributed by atoms with Crippen molar-refractivity contribution in [2.24, 2.45) is 7.05 Å². The van der Waals surface area contributed by atoms with Gasteiger partial charge in [-0.05, 0) is 12.1 Å². The number of carbonyl (C=O) groups is 1. The molecule has 130 valence electrons. The van der Waals surface area contributed by atoms with Crippen LogP contribution in [0.15, 0.2) is 47.7 Å². The van der Waals surface area contributed by atoms with Gasteiger partial charge in [0.1, 0.15) is 18.3 Å². The minimum Gasteiger partial charge on any atom is -0.373 e. The summed E-state index contributed by atoms with van der Waals surface area (Å²) in [4.78, 5) is 30.6. The molecule has 0 fully saturated rings. The van der Waals surface area contributed by atoms with Crippen LogP contribution in [0, 0.1) is 0 Å². The van der Waals surface area contributed by atoms with Gasteiger partial charge in [-0.15, -0.1) is 0 Å². The Hall–Kier alpha value is -3.16. The van der Waals surface area contributed by atoms with E-state index >= 15 is 0 Å². The Morgan fingerprint density at radius 1 is 1.28 bits per heavy atom. The lowest BCUT2D eigenvalue weighted by molar-refractivity contribution is -0.121. The molecule has 3 aromatic rings. The lowest BCUT2D eigenvalue weighted by atomic mass is 10.3. The molecule has 0 bridgehead atoms. The summed E-state index contributed by atoms with van der Waals surface area (Å²) < 4.78 is 2.82. The van der Waals surface area contributed by atoms with E-state index in [1.54, 1.807) is 7.05 Å². The molecule has 25 heavy (non-hydrogen) atoms. The van der Waals surface area contributed by atoms with E-state index in [1.165, 1.54) is 21.8 Å². The fourth-order valence-electron chi connectivity index (χ4n) is 2.56. The van der Waals surface area contributed by atoms with E-state index in [0.717, 1.165) is 5.69 Å². The highest BCUT2D eigenvalue weighted by Crippen LogP contribution is 2.09. The van der Waals surface area contributed by atoms with Crippen LogP contribution in [0.2, 0.25) is 0 Å². The molecule has 3 rings (SSSR count). The second-order valence-electron chi connectivity index (χ2n) is 5.79. The van der Waals surface area contributed by atoms with Gasteiger partial charge in [-0.3, -0.25) is 18.8 Å². The Labute approximate surface area is 144 Å². The first-order valence-electron chi connectivity index (χ1n) is 7.96. The quantitative estimate of drug-likeness (QED) is 0.701. The summed E-state index contributed by atoms with van der Waals surface area (Å²) in [6.07, 6.45) is 2.84. The molecule has 0 aliphatic rings. The third-order valence-corrected chi connectivity index (χ3v) is 4.00. The zero-order chi connectivity index (χ0) is 17.8. The van der Waals surface area contributed by atoms with Crippen LogP contribution >= 0.6 is 0 Å². The van der Waals surface area contributed by atoms with Crippen molar-refractivity contribution in [3.63, 3.8) is 0 Å². The number of nitrogens with one attached hydrogen (secondary N) is 1. The van der Waals surface area contributed by atoms with Crippen molar-refractivity contribution in [3.05, 3.63) is 53.2 Å². The molecule has 8 heteroatoms. The first-order valence-corrected chi connectivity index (χ1v) is 7.96. The van der Waals surface area contributed by atoms with Gasteiger partial charge in [-0.2, -0.15) is 5.10 Å². The number of aromatic nitrogens is 4. The summed E-state index contributed by atoms with van der Waals surface area (Å²) >= 11 is 0. The summed E-state index contributed by atoms with van der Waals surface area (Å²) in [5.74, 6) is -0.228. The van der Waals surface area contributed by atoms with E-state index < -0.39 is 0 Å². The van der Waals surface area contributed by atoms with Crippen molar-refractivity contribution in [1.29, 1.82) is 0 Å². The second kappa shape index (κ2) is 7.16. The van der Waals surface area contributed by atoms with Gasteiger partial charge in [-0.1, -0.05) is 18.2 Å². The standard InChI is InChI=1S/C17H20N6O2/c1-21(13-6-4-3-5-7-13)9-8-18-15(24)11-23-12-19-16-14(17(23)25)10-20-22(16)2/h3-7,10,12H,8-9,11H2,1-2H3,(H,18,24). The largest absolute Gasteiger partial charge is 0.373 e. The number of carbonyl (C=O) groups excluding carboxylic acids is 1. The maximum atomic E-state index is 12.3. The number of amides is 1. The second-order valence-corrected chi connectivity index (χ2v) is 5.79. The molecular weight excluding hydrogens is 320 g/mol. The normalized spacial score (nSPS) is 10.8. The highest BCUT2D eigenvalue weighted by Gasteiger charge is 2.10. The van der Waals surface area contributed by atoms with Crippen molar-refractivity contribution in [2.75, 3.05) is 25.0 Å². The van der Waals surface area contributed by atoms with E-state index in [0.29, 0.717) is 24.1 Å². The smallest absolute Gasteiger partial charge is 0.264 e. The van der Waals surface area contributed by atoms with Gasteiger partial charge < -0.3 is 10.2 Å². The van der Waals surface area contributed by atoms with Crippen LogP contribution in [-0.4, -0.2) is 45.4 Å². The Bertz CT molecular complexity index is 931. The lowest BCUT2D eigenvalue weighted by Gasteiger charge is -2.19. The summed E-state index contributed by atoms with van der Waals surface area (Å²) in [6.45, 7) is 1.10. The van der Waals surface area contributed by atoms with Crippen molar-refractivity contribution < 1.29 is 4.79 Å². The Kier molecular flexibility index (Phi) is 4.78. The van der Waals surface area contributed by atoms with Crippen LogP contribution in [0.4, 0.5) is 5.69 Å². The summed E-state index contributed by atoms with van der Waals surface area (Å²) in [6, 6.07) is 9.92. The van der Waals surface area contributed by atoms with Crippen LogP contribution in [-0.2, 0) is 18.4 Å². The van der Waals surface area contributed by atoms with Gasteiger partial charge in [0.2, 0.25) is 5.91 Å². The molecule has 0 aliphatic carbocycles. The van der Waals surface area contributed by atoms with E-state index in [2.05, 4.69) is 20.3 Å². The number of anilines is 1. The lowest BCUT2D eigenvalue weighted by Crippen LogP contribution is -2.36. The highest BCUT2D eigenvalue weighted by atomic mass is 16.2. The van der Waals surface area contributed by atoms with Crippen molar-refractivity contribution in [2.45, 2.75) is 6.54 Å². The number of hydrogen-bond donors (Lipinski definition) is 1.